The minimum atomic E-state index is 0.833. The molecule has 0 saturated heterocycles. The number of aliphatic imine (C=N–C) groups is 1. The molecule has 0 unspecified atom stereocenters. The van der Waals surface area contributed by atoms with Gasteiger partial charge in [0.2, 0.25) is 0 Å². The van der Waals surface area contributed by atoms with Crippen molar-refractivity contribution in [3.05, 3.63) is 79.1 Å². The lowest BCUT2D eigenvalue weighted by molar-refractivity contribution is 1.12. The van der Waals surface area contributed by atoms with E-state index in [1.807, 2.05) is 110 Å². The summed E-state index contributed by atoms with van der Waals surface area (Å²) in [5.41, 5.74) is 2.88. The minimum Gasteiger partial charge on any atom is -0.307 e. The van der Waals surface area contributed by atoms with Gasteiger partial charge in [0.05, 0.1) is 23.9 Å². The van der Waals surface area contributed by atoms with Gasteiger partial charge in [0.1, 0.15) is 0 Å². The van der Waals surface area contributed by atoms with Gasteiger partial charge in [0, 0.05) is 6.20 Å². The van der Waals surface area contributed by atoms with Crippen molar-refractivity contribution in [1.82, 2.24) is 9.55 Å². The molecule has 0 fully saturated rings. The van der Waals surface area contributed by atoms with E-state index in [-0.39, 0.29) is 0 Å². The minimum absolute atomic E-state index is 0.833. The number of imidazole rings is 1. The standard InChI is InChI=1S/C10H13N.C9H12N2.3C2H6/c1-5-8-9(6-2)10(7-3)11-4;1-3-5-9-7-10-8-11(9)6-4-2;3*1-2/h5-8H,1-2,4H2,3H3;3-8H,1-2H3;3*1-2H3/b9-8-,10-7+;5-3-,6-4-;;;. The van der Waals surface area contributed by atoms with Crippen molar-refractivity contribution in [2.45, 2.75) is 62.3 Å². The average molecular weight is 386 g/mol. The van der Waals surface area contributed by atoms with Crippen LogP contribution in [0, 0.1) is 0 Å². The van der Waals surface area contributed by atoms with E-state index in [1.54, 1.807) is 18.5 Å². The molecule has 0 bridgehead atoms. The molecule has 0 aliphatic heterocycles. The lowest BCUT2D eigenvalue weighted by atomic mass is 10.2. The summed E-state index contributed by atoms with van der Waals surface area (Å²) in [6.45, 7) is 28.6. The predicted molar refractivity (Wildman–Crippen MR) is 134 cm³/mol. The number of hydrogen-bond donors (Lipinski definition) is 0. The Kier molecular flexibility index (Phi) is 34.2. The molecule has 0 amide bonds. The van der Waals surface area contributed by atoms with E-state index in [2.05, 4.69) is 29.9 Å². The van der Waals surface area contributed by atoms with Crippen molar-refractivity contribution in [2.75, 3.05) is 0 Å². The molecular formula is C25H43N3. The van der Waals surface area contributed by atoms with Gasteiger partial charge in [-0.15, -0.1) is 0 Å². The van der Waals surface area contributed by atoms with Crippen LogP contribution in [-0.4, -0.2) is 16.3 Å². The quantitative estimate of drug-likeness (QED) is 0.357. The van der Waals surface area contributed by atoms with Gasteiger partial charge < -0.3 is 4.57 Å². The van der Waals surface area contributed by atoms with Crippen LogP contribution in [0.4, 0.5) is 0 Å². The van der Waals surface area contributed by atoms with Crippen LogP contribution in [0.2, 0.25) is 0 Å². The molecule has 0 aromatic carbocycles. The largest absolute Gasteiger partial charge is 0.307 e. The molecule has 1 aromatic rings. The maximum atomic E-state index is 4.02. The van der Waals surface area contributed by atoms with E-state index in [0.29, 0.717) is 0 Å². The summed E-state index contributed by atoms with van der Waals surface area (Å²) in [5, 5.41) is 0. The Hall–Kier alpha value is -2.68. The molecule has 0 N–H and O–H groups in total. The Morgan fingerprint density at radius 2 is 1.57 bits per heavy atom. The molecule has 0 aliphatic rings. The van der Waals surface area contributed by atoms with Gasteiger partial charge in [0.15, 0.2) is 0 Å². The van der Waals surface area contributed by atoms with Crippen LogP contribution in [0.3, 0.4) is 0 Å². The maximum absolute atomic E-state index is 4.02. The van der Waals surface area contributed by atoms with Gasteiger partial charge in [-0.3, -0.25) is 4.99 Å². The number of nitrogens with zero attached hydrogens (tertiary/aromatic N) is 3. The smallest absolute Gasteiger partial charge is 0.0991 e. The van der Waals surface area contributed by atoms with E-state index in [0.717, 1.165) is 17.0 Å². The van der Waals surface area contributed by atoms with Crippen molar-refractivity contribution in [3.63, 3.8) is 0 Å². The summed E-state index contributed by atoms with van der Waals surface area (Å²) in [6.07, 6.45) is 18.7. The molecule has 1 aromatic heterocycles. The highest BCUT2D eigenvalue weighted by molar-refractivity contribution is 5.47. The second kappa shape index (κ2) is 29.1. The Bertz CT molecular complexity index is 571. The second-order valence-electron chi connectivity index (χ2n) is 4.10. The maximum Gasteiger partial charge on any atom is 0.0991 e. The Morgan fingerprint density at radius 3 is 1.93 bits per heavy atom. The Balaban J connectivity index is -0.000000162. The Morgan fingerprint density at radius 1 is 1.00 bits per heavy atom. The number of rotatable bonds is 6. The van der Waals surface area contributed by atoms with E-state index in [1.165, 1.54) is 0 Å². The van der Waals surface area contributed by atoms with Gasteiger partial charge in [-0.2, -0.15) is 0 Å². The molecule has 1 rings (SSSR count). The SMILES string of the molecule is C/C=C\c1cncn1/C=C\C.C=C/C=C(C=C)\C(=C/C)N=C.CC.CC.CC. The summed E-state index contributed by atoms with van der Waals surface area (Å²) in [4.78, 5) is 7.84. The highest BCUT2D eigenvalue weighted by atomic mass is 15.0. The highest BCUT2D eigenvalue weighted by Gasteiger charge is 1.93. The van der Waals surface area contributed by atoms with Crippen LogP contribution in [0.15, 0.2) is 78.4 Å². The molecule has 0 aliphatic carbocycles. The van der Waals surface area contributed by atoms with Crippen LogP contribution < -0.4 is 0 Å². The van der Waals surface area contributed by atoms with E-state index in [9.17, 15) is 0 Å². The summed E-state index contributed by atoms with van der Waals surface area (Å²) in [7, 11) is 0. The molecule has 0 saturated carbocycles. The summed E-state index contributed by atoms with van der Waals surface area (Å²) in [5.74, 6) is 0. The fourth-order valence-corrected chi connectivity index (χ4v) is 1.63. The normalized spacial score (nSPS) is 10.2. The number of aromatic nitrogens is 2. The van der Waals surface area contributed by atoms with Crippen molar-refractivity contribution < 1.29 is 0 Å². The molecule has 158 valence electrons. The van der Waals surface area contributed by atoms with E-state index in [4.69, 9.17) is 0 Å². The molecule has 3 nitrogen and oxygen atoms in total. The molecule has 0 radical (unpaired) electrons. The first-order valence-corrected chi connectivity index (χ1v) is 10.0. The molecule has 0 atom stereocenters. The van der Waals surface area contributed by atoms with Crippen LogP contribution >= 0.6 is 0 Å². The lowest BCUT2D eigenvalue weighted by Crippen LogP contribution is -1.84. The zero-order valence-corrected chi connectivity index (χ0v) is 19.7. The number of allylic oxidation sites excluding steroid dienone is 6. The van der Waals surface area contributed by atoms with Crippen molar-refractivity contribution in [2.24, 2.45) is 4.99 Å². The van der Waals surface area contributed by atoms with Crippen molar-refractivity contribution in [3.8, 4) is 0 Å². The fourth-order valence-electron chi connectivity index (χ4n) is 1.63. The highest BCUT2D eigenvalue weighted by Crippen LogP contribution is 2.11. The van der Waals surface area contributed by atoms with E-state index >= 15 is 0 Å². The zero-order chi connectivity index (χ0) is 22.8. The first kappa shape index (κ1) is 32.9. The second-order valence-corrected chi connectivity index (χ2v) is 4.10. The summed E-state index contributed by atoms with van der Waals surface area (Å²) >= 11 is 0. The first-order chi connectivity index (χ1) is 13.7. The predicted octanol–water partition coefficient (Wildman–Crippen LogP) is 8.37. The van der Waals surface area contributed by atoms with Gasteiger partial charge in [-0.25, -0.2) is 4.98 Å². The molecule has 3 heteroatoms. The van der Waals surface area contributed by atoms with Gasteiger partial charge >= 0.3 is 0 Å². The molecule has 0 spiro atoms. The average Bonchev–Trinajstić information content (AvgIpc) is 3.20. The number of hydrogen-bond acceptors (Lipinski definition) is 2. The van der Waals surface area contributed by atoms with Crippen LogP contribution in [0.5, 0.6) is 0 Å². The van der Waals surface area contributed by atoms with Crippen molar-refractivity contribution >= 4 is 19.0 Å². The van der Waals surface area contributed by atoms with Gasteiger partial charge in [-0.1, -0.05) is 91.2 Å². The van der Waals surface area contributed by atoms with Crippen LogP contribution in [0.1, 0.15) is 68.0 Å². The molecular weight excluding hydrogens is 342 g/mol. The van der Waals surface area contributed by atoms with Crippen LogP contribution in [-0.2, 0) is 0 Å². The lowest BCUT2D eigenvalue weighted by Gasteiger charge is -1.98. The first-order valence-electron chi connectivity index (χ1n) is 10.0. The van der Waals surface area contributed by atoms with Crippen LogP contribution in [0.25, 0.3) is 12.3 Å². The molecule has 28 heavy (non-hydrogen) atoms. The third-order valence-electron chi connectivity index (χ3n) is 2.60. The monoisotopic (exact) mass is 385 g/mol. The summed E-state index contributed by atoms with van der Waals surface area (Å²) in [6, 6.07) is 0. The van der Waals surface area contributed by atoms with Gasteiger partial charge in [0.25, 0.3) is 0 Å². The molecule has 1 heterocycles. The third kappa shape index (κ3) is 16.8. The topological polar surface area (TPSA) is 30.2 Å². The Labute approximate surface area is 175 Å². The third-order valence-corrected chi connectivity index (χ3v) is 2.60. The zero-order valence-electron chi connectivity index (χ0n) is 19.7. The van der Waals surface area contributed by atoms with Gasteiger partial charge in [-0.05, 0) is 39.1 Å². The summed E-state index contributed by atoms with van der Waals surface area (Å²) < 4.78 is 1.97. The fraction of sp³-hybridized carbons (Fsp3) is 0.360. The van der Waals surface area contributed by atoms with E-state index < -0.39 is 0 Å². The van der Waals surface area contributed by atoms with Crippen molar-refractivity contribution in [1.29, 1.82) is 0 Å².